The van der Waals surface area contributed by atoms with Crippen LogP contribution in [0.3, 0.4) is 0 Å². The Morgan fingerprint density at radius 1 is 0.806 bits per heavy atom. The average Bonchev–Trinajstić information content (AvgIpc) is 3.20. The molecule has 2 aromatic heterocycles. The minimum atomic E-state index is -2.11. The van der Waals surface area contributed by atoms with E-state index in [1.807, 2.05) is 18.2 Å². The zero-order valence-electron chi connectivity index (χ0n) is 16.6. The molecule has 3 nitrogen and oxygen atoms in total. The fourth-order valence-electron chi connectivity index (χ4n) is 4.01. The van der Waals surface area contributed by atoms with Gasteiger partial charge in [0, 0.05) is 12.3 Å². The van der Waals surface area contributed by atoms with Gasteiger partial charge in [-0.25, -0.2) is 4.98 Å². The van der Waals surface area contributed by atoms with Gasteiger partial charge in [0.15, 0.2) is 4.96 Å². The summed E-state index contributed by atoms with van der Waals surface area (Å²) in [4.78, 5) is 18.3. The van der Waals surface area contributed by atoms with E-state index >= 15 is 0 Å². The van der Waals surface area contributed by atoms with Crippen LogP contribution in [0.1, 0.15) is 5.69 Å². The summed E-state index contributed by atoms with van der Waals surface area (Å²) in [6, 6.07) is 33.4. The van der Waals surface area contributed by atoms with E-state index in [0.717, 1.165) is 5.69 Å². The van der Waals surface area contributed by atoms with Gasteiger partial charge in [-0.05, 0) is 36.4 Å². The first kappa shape index (κ1) is 20.1. The van der Waals surface area contributed by atoms with Crippen molar-refractivity contribution in [2.75, 3.05) is 0 Å². The van der Waals surface area contributed by atoms with Crippen LogP contribution in [0.15, 0.2) is 108 Å². The topological polar surface area (TPSA) is 34.4 Å². The number of nitrogens with zero attached hydrogens (tertiary/aromatic N) is 2. The molecular weight excluding hydrogens is 443 g/mol. The smallest absolute Gasteiger partial charge is 0.258 e. The third-order valence-electron chi connectivity index (χ3n) is 5.38. The lowest BCUT2D eigenvalue weighted by atomic mass is 10.3. The molecule has 3 aromatic carbocycles. The van der Waals surface area contributed by atoms with Crippen molar-refractivity contribution < 1.29 is 0 Å². The molecule has 2 heterocycles. The van der Waals surface area contributed by atoms with Gasteiger partial charge < -0.3 is 0 Å². The number of hydrogen-bond acceptors (Lipinski definition) is 3. The summed E-state index contributed by atoms with van der Waals surface area (Å²) in [6.07, 6.45) is 2.29. The maximum Gasteiger partial charge on any atom is 0.258 e. The quantitative estimate of drug-likeness (QED) is 0.349. The molecule has 0 aliphatic carbocycles. The Bertz CT molecular complexity index is 1290. The highest BCUT2D eigenvalue weighted by Gasteiger charge is 2.45. The molecule has 0 bridgehead atoms. The van der Waals surface area contributed by atoms with Crippen LogP contribution in [0.2, 0.25) is 4.34 Å². The van der Waals surface area contributed by atoms with Crippen molar-refractivity contribution in [1.29, 1.82) is 0 Å². The normalized spacial score (nSPS) is 11.6. The predicted molar refractivity (Wildman–Crippen MR) is 133 cm³/mol. The van der Waals surface area contributed by atoms with Crippen molar-refractivity contribution in [3.05, 3.63) is 124 Å². The van der Waals surface area contributed by atoms with Gasteiger partial charge in [-0.3, -0.25) is 9.20 Å². The van der Waals surface area contributed by atoms with Crippen molar-refractivity contribution in [2.24, 2.45) is 0 Å². The second kappa shape index (κ2) is 8.39. The summed E-state index contributed by atoms with van der Waals surface area (Å²) in [5.41, 5.74) is 0.684. The van der Waals surface area contributed by atoms with Crippen molar-refractivity contribution >= 4 is 51.1 Å². The Balaban J connectivity index is 1.79. The summed E-state index contributed by atoms with van der Waals surface area (Å²) < 4.78 is 2.07. The van der Waals surface area contributed by atoms with Gasteiger partial charge in [0.25, 0.3) is 5.56 Å². The molecule has 152 valence electrons. The summed E-state index contributed by atoms with van der Waals surface area (Å²) in [5.74, 6) is 0. The lowest BCUT2D eigenvalue weighted by Crippen LogP contribution is -2.33. The number of rotatable bonds is 5. The minimum absolute atomic E-state index is 0.101. The first-order valence-electron chi connectivity index (χ1n) is 9.89. The maximum absolute atomic E-state index is 12.8. The van der Waals surface area contributed by atoms with E-state index in [-0.39, 0.29) is 5.56 Å². The molecule has 5 rings (SSSR count). The lowest BCUT2D eigenvalue weighted by molar-refractivity contribution is 1.04. The molecule has 0 saturated carbocycles. The monoisotopic (exact) mass is 461 g/mol. The van der Waals surface area contributed by atoms with Crippen LogP contribution < -0.4 is 21.5 Å². The number of thiazole rings is 1. The fourth-order valence-corrected chi connectivity index (χ4v) is 9.19. The molecular formula is C25H19ClN2OPS+. The molecule has 0 atom stereocenters. The van der Waals surface area contributed by atoms with E-state index in [1.165, 1.54) is 31.7 Å². The van der Waals surface area contributed by atoms with Gasteiger partial charge in [0.1, 0.15) is 33.7 Å². The fraction of sp³-hybridized carbons (Fsp3) is 0.0400. The van der Waals surface area contributed by atoms with Crippen molar-refractivity contribution in [3.63, 3.8) is 0 Å². The third-order valence-corrected chi connectivity index (χ3v) is 10.8. The highest BCUT2D eigenvalue weighted by atomic mass is 35.5. The average molecular weight is 462 g/mol. The highest BCUT2D eigenvalue weighted by Crippen LogP contribution is 2.57. The highest BCUT2D eigenvalue weighted by molar-refractivity contribution is 7.95. The SMILES string of the molecule is O=c1cc(C[P+](c2ccccc2)(c2ccccc2)c2ccccc2)nc2sc(Cl)cn12. The van der Waals surface area contributed by atoms with Gasteiger partial charge >= 0.3 is 0 Å². The molecule has 5 aromatic rings. The van der Waals surface area contributed by atoms with Gasteiger partial charge in [-0.15, -0.1) is 0 Å². The molecule has 0 aliphatic heterocycles. The molecule has 6 heteroatoms. The Hall–Kier alpha value is -2.78. The van der Waals surface area contributed by atoms with Crippen molar-refractivity contribution in [1.82, 2.24) is 9.38 Å². The van der Waals surface area contributed by atoms with Crippen LogP contribution in [0, 0.1) is 0 Å². The summed E-state index contributed by atoms with van der Waals surface area (Å²) in [7, 11) is -2.11. The standard InChI is InChI=1S/C25H19ClN2OPS/c26-23-17-28-24(29)16-19(27-25(28)31-23)18-30(20-10-4-1-5-11-20,21-12-6-2-7-13-21)22-14-8-3-9-15-22/h1-17H,18H2/q+1. The van der Waals surface area contributed by atoms with Gasteiger partial charge in [-0.2, -0.15) is 0 Å². The van der Waals surface area contributed by atoms with E-state index in [4.69, 9.17) is 16.6 Å². The second-order valence-corrected chi connectivity index (χ2v) is 12.4. The molecule has 31 heavy (non-hydrogen) atoms. The molecule has 0 unspecified atom stereocenters. The molecule has 0 spiro atoms. The van der Waals surface area contributed by atoms with Gasteiger partial charge in [0.2, 0.25) is 0 Å². The number of hydrogen-bond donors (Lipinski definition) is 0. The van der Waals surface area contributed by atoms with Crippen molar-refractivity contribution in [2.45, 2.75) is 6.16 Å². The first-order chi connectivity index (χ1) is 15.2. The van der Waals surface area contributed by atoms with Gasteiger partial charge in [0.05, 0.1) is 5.69 Å². The lowest BCUT2D eigenvalue weighted by Gasteiger charge is -2.27. The number of fused-ring (bicyclic) bond motifs is 1. The van der Waals surface area contributed by atoms with Crippen molar-refractivity contribution in [3.8, 4) is 0 Å². The Labute approximate surface area is 190 Å². The maximum atomic E-state index is 12.8. The summed E-state index contributed by atoms with van der Waals surface area (Å²) in [5, 5.41) is 3.79. The van der Waals surface area contributed by atoms with Gasteiger partial charge in [-0.1, -0.05) is 77.5 Å². The van der Waals surface area contributed by atoms with Crippen LogP contribution in [-0.2, 0) is 6.16 Å². The Morgan fingerprint density at radius 3 is 1.77 bits per heavy atom. The largest absolute Gasteiger partial charge is 0.269 e. The van der Waals surface area contributed by atoms with E-state index in [2.05, 4.69) is 72.8 Å². The van der Waals surface area contributed by atoms with Crippen LogP contribution >= 0.6 is 30.2 Å². The molecule has 0 N–H and O–H groups in total. The zero-order valence-corrected chi connectivity index (χ0v) is 19.0. The predicted octanol–water partition coefficient (Wildman–Crippen LogP) is 4.90. The van der Waals surface area contributed by atoms with Crippen LogP contribution in [0.25, 0.3) is 4.96 Å². The number of aromatic nitrogens is 2. The minimum Gasteiger partial charge on any atom is -0.269 e. The van der Waals surface area contributed by atoms with Crippen LogP contribution in [0.5, 0.6) is 0 Å². The van der Waals surface area contributed by atoms with E-state index in [9.17, 15) is 4.79 Å². The second-order valence-electron chi connectivity index (χ2n) is 7.25. The molecule has 0 amide bonds. The first-order valence-corrected chi connectivity index (χ1v) is 13.1. The number of halogens is 1. The molecule has 0 aliphatic rings. The van der Waals surface area contributed by atoms with E-state index in [1.54, 1.807) is 12.3 Å². The summed E-state index contributed by atoms with van der Waals surface area (Å²) in [6.45, 7) is 0. The van der Waals surface area contributed by atoms with E-state index in [0.29, 0.717) is 15.5 Å². The summed E-state index contributed by atoms with van der Waals surface area (Å²) >= 11 is 7.48. The Kier molecular flexibility index (Phi) is 5.45. The zero-order chi connectivity index (χ0) is 21.3. The van der Waals surface area contributed by atoms with Crippen LogP contribution in [-0.4, -0.2) is 9.38 Å². The Morgan fingerprint density at radius 2 is 1.29 bits per heavy atom. The number of benzene rings is 3. The third kappa shape index (κ3) is 3.72. The molecule has 0 saturated heterocycles. The molecule has 0 radical (unpaired) electrons. The van der Waals surface area contributed by atoms with Crippen LogP contribution in [0.4, 0.5) is 0 Å². The molecule has 0 fully saturated rings. The van der Waals surface area contributed by atoms with E-state index < -0.39 is 7.26 Å².